The van der Waals surface area contributed by atoms with Gasteiger partial charge in [-0.1, -0.05) is 12.1 Å². The van der Waals surface area contributed by atoms with Crippen LogP contribution in [0.3, 0.4) is 0 Å². The van der Waals surface area contributed by atoms with Crippen LogP contribution in [0.25, 0.3) is 0 Å². The number of amides is 1. The molecule has 1 heterocycles. The summed E-state index contributed by atoms with van der Waals surface area (Å²) in [4.78, 5) is 27.9. The lowest BCUT2D eigenvalue weighted by atomic mass is 10.2. The molecule has 1 aliphatic rings. The Labute approximate surface area is 168 Å². The summed E-state index contributed by atoms with van der Waals surface area (Å²) in [5, 5.41) is 0. The molecule has 2 aromatic carbocycles. The fourth-order valence-electron chi connectivity index (χ4n) is 2.98. The Morgan fingerprint density at radius 2 is 1.66 bits per heavy atom. The highest BCUT2D eigenvalue weighted by Gasteiger charge is 2.22. The third-order valence-electron chi connectivity index (χ3n) is 4.61. The summed E-state index contributed by atoms with van der Waals surface area (Å²) in [5.74, 6) is -0.794. The van der Waals surface area contributed by atoms with Crippen LogP contribution in [0.1, 0.15) is 0 Å². The van der Waals surface area contributed by atoms with Gasteiger partial charge in [0.05, 0.1) is 7.11 Å². The molecule has 1 amide bonds. The van der Waals surface area contributed by atoms with Gasteiger partial charge < -0.3 is 24.0 Å². The van der Waals surface area contributed by atoms with Crippen LogP contribution in [0.5, 0.6) is 11.5 Å². The fourth-order valence-corrected chi connectivity index (χ4v) is 2.98. The summed E-state index contributed by atoms with van der Waals surface area (Å²) in [6, 6.07) is 13.5. The van der Waals surface area contributed by atoms with E-state index < -0.39 is 18.4 Å². The summed E-state index contributed by atoms with van der Waals surface area (Å²) >= 11 is 0. The number of rotatable bonds is 7. The molecule has 0 radical (unpaired) electrons. The van der Waals surface area contributed by atoms with Gasteiger partial charge in [0.1, 0.15) is 5.75 Å². The van der Waals surface area contributed by atoms with Gasteiger partial charge in [0.15, 0.2) is 24.8 Å². The molecule has 7 nitrogen and oxygen atoms in total. The first-order valence-corrected chi connectivity index (χ1v) is 9.26. The van der Waals surface area contributed by atoms with E-state index in [0.29, 0.717) is 26.2 Å². The number of carbonyl (C=O) groups is 2. The number of nitrogens with zero attached hydrogens (tertiary/aromatic N) is 2. The van der Waals surface area contributed by atoms with Crippen LogP contribution in [0, 0.1) is 5.82 Å². The summed E-state index contributed by atoms with van der Waals surface area (Å²) in [7, 11) is 1.62. The Morgan fingerprint density at radius 3 is 2.31 bits per heavy atom. The van der Waals surface area contributed by atoms with Crippen molar-refractivity contribution in [2.75, 3.05) is 51.4 Å². The summed E-state index contributed by atoms with van der Waals surface area (Å²) in [6.07, 6.45) is 0. The largest absolute Gasteiger partial charge is 0.497 e. The molecule has 2 aromatic rings. The third kappa shape index (κ3) is 5.60. The van der Waals surface area contributed by atoms with E-state index >= 15 is 0 Å². The fraction of sp³-hybridized carbons (Fsp3) is 0.333. The van der Waals surface area contributed by atoms with Crippen molar-refractivity contribution >= 4 is 17.6 Å². The molecular weight excluding hydrogens is 379 g/mol. The zero-order valence-electron chi connectivity index (χ0n) is 16.2. The van der Waals surface area contributed by atoms with Crippen LogP contribution < -0.4 is 14.4 Å². The van der Waals surface area contributed by atoms with E-state index in [4.69, 9.17) is 14.2 Å². The van der Waals surface area contributed by atoms with Gasteiger partial charge in [-0.15, -0.1) is 0 Å². The van der Waals surface area contributed by atoms with Crippen molar-refractivity contribution < 1.29 is 28.2 Å². The molecule has 1 aliphatic heterocycles. The molecule has 8 heteroatoms. The van der Waals surface area contributed by atoms with Crippen LogP contribution in [-0.2, 0) is 14.3 Å². The number of ether oxygens (including phenoxy) is 3. The summed E-state index contributed by atoms with van der Waals surface area (Å²) in [5.41, 5.74) is 1.06. The van der Waals surface area contributed by atoms with E-state index in [-0.39, 0.29) is 18.3 Å². The SMILES string of the molecule is COc1ccc(N2CCN(C(=O)COC(=O)COc3ccccc3F)CC2)cc1. The third-order valence-corrected chi connectivity index (χ3v) is 4.61. The highest BCUT2D eigenvalue weighted by Crippen LogP contribution is 2.20. The lowest BCUT2D eigenvalue weighted by Crippen LogP contribution is -2.50. The molecule has 0 saturated carbocycles. The van der Waals surface area contributed by atoms with E-state index in [9.17, 15) is 14.0 Å². The van der Waals surface area contributed by atoms with Crippen molar-refractivity contribution in [3.05, 3.63) is 54.3 Å². The quantitative estimate of drug-likeness (QED) is 0.661. The van der Waals surface area contributed by atoms with Gasteiger partial charge >= 0.3 is 5.97 Å². The number of carbonyl (C=O) groups excluding carboxylic acids is 2. The second kappa shape index (κ2) is 9.77. The second-order valence-electron chi connectivity index (χ2n) is 6.45. The molecule has 0 atom stereocenters. The highest BCUT2D eigenvalue weighted by atomic mass is 19.1. The predicted octanol–water partition coefficient (Wildman–Crippen LogP) is 2.11. The zero-order chi connectivity index (χ0) is 20.6. The topological polar surface area (TPSA) is 68.3 Å². The Kier molecular flexibility index (Phi) is 6.89. The second-order valence-corrected chi connectivity index (χ2v) is 6.45. The van der Waals surface area contributed by atoms with E-state index in [2.05, 4.69) is 4.90 Å². The van der Waals surface area contributed by atoms with Gasteiger partial charge in [-0.25, -0.2) is 9.18 Å². The van der Waals surface area contributed by atoms with Crippen molar-refractivity contribution in [1.29, 1.82) is 0 Å². The van der Waals surface area contributed by atoms with E-state index in [1.807, 2.05) is 24.3 Å². The maximum absolute atomic E-state index is 13.4. The minimum absolute atomic E-state index is 0.0366. The van der Waals surface area contributed by atoms with Gasteiger partial charge in [0.25, 0.3) is 5.91 Å². The van der Waals surface area contributed by atoms with Gasteiger partial charge in [-0.3, -0.25) is 4.79 Å². The number of benzene rings is 2. The van der Waals surface area contributed by atoms with E-state index in [0.717, 1.165) is 11.4 Å². The van der Waals surface area contributed by atoms with Crippen LogP contribution in [-0.4, -0.2) is 63.3 Å². The number of piperazine rings is 1. The number of halogens is 1. The van der Waals surface area contributed by atoms with Gasteiger partial charge in [-0.2, -0.15) is 0 Å². The maximum Gasteiger partial charge on any atom is 0.344 e. The molecule has 3 rings (SSSR count). The van der Waals surface area contributed by atoms with Crippen molar-refractivity contribution in [3.63, 3.8) is 0 Å². The number of hydrogen-bond donors (Lipinski definition) is 0. The molecule has 0 unspecified atom stereocenters. The van der Waals surface area contributed by atoms with Gasteiger partial charge in [0.2, 0.25) is 0 Å². The van der Waals surface area contributed by atoms with Crippen molar-refractivity contribution in [1.82, 2.24) is 4.90 Å². The van der Waals surface area contributed by atoms with Crippen molar-refractivity contribution in [2.24, 2.45) is 0 Å². The predicted molar refractivity (Wildman–Crippen MR) is 105 cm³/mol. The number of methoxy groups -OCH3 is 1. The molecule has 29 heavy (non-hydrogen) atoms. The van der Waals surface area contributed by atoms with Crippen LogP contribution in [0.4, 0.5) is 10.1 Å². The van der Waals surface area contributed by atoms with Gasteiger partial charge in [-0.05, 0) is 36.4 Å². The maximum atomic E-state index is 13.4. The molecule has 1 saturated heterocycles. The first-order valence-electron chi connectivity index (χ1n) is 9.26. The average molecular weight is 402 g/mol. The van der Waals surface area contributed by atoms with Crippen LogP contribution >= 0.6 is 0 Å². The first kappa shape index (κ1) is 20.4. The average Bonchev–Trinajstić information content (AvgIpc) is 2.77. The van der Waals surface area contributed by atoms with E-state index in [1.165, 1.54) is 18.2 Å². The standard InChI is InChI=1S/C21H23FN2O5/c1-27-17-8-6-16(7-9-17)23-10-12-24(13-11-23)20(25)14-29-21(26)15-28-19-5-3-2-4-18(19)22/h2-9H,10-15H2,1H3. The minimum Gasteiger partial charge on any atom is -0.497 e. The molecule has 0 aromatic heterocycles. The lowest BCUT2D eigenvalue weighted by Gasteiger charge is -2.36. The molecular formula is C21H23FN2O5. The smallest absolute Gasteiger partial charge is 0.344 e. The molecule has 0 N–H and O–H groups in total. The number of esters is 1. The molecule has 0 spiro atoms. The van der Waals surface area contributed by atoms with E-state index in [1.54, 1.807) is 18.1 Å². The molecule has 154 valence electrons. The first-order chi connectivity index (χ1) is 14.1. The minimum atomic E-state index is -0.724. The van der Waals surface area contributed by atoms with Gasteiger partial charge in [0, 0.05) is 31.9 Å². The number of anilines is 1. The molecule has 0 bridgehead atoms. The van der Waals surface area contributed by atoms with Crippen LogP contribution in [0.2, 0.25) is 0 Å². The normalized spacial score (nSPS) is 13.7. The summed E-state index contributed by atoms with van der Waals surface area (Å²) in [6.45, 7) is 1.62. The Morgan fingerprint density at radius 1 is 0.966 bits per heavy atom. The van der Waals surface area contributed by atoms with Crippen molar-refractivity contribution in [3.8, 4) is 11.5 Å². The Bertz CT molecular complexity index is 835. The highest BCUT2D eigenvalue weighted by molar-refractivity contribution is 5.81. The Balaban J connectivity index is 1.39. The molecule has 0 aliphatic carbocycles. The monoisotopic (exact) mass is 402 g/mol. The zero-order valence-corrected chi connectivity index (χ0v) is 16.2. The van der Waals surface area contributed by atoms with Crippen LogP contribution in [0.15, 0.2) is 48.5 Å². The molecule has 1 fully saturated rings. The lowest BCUT2D eigenvalue weighted by molar-refractivity contribution is -0.153. The number of hydrogen-bond acceptors (Lipinski definition) is 6. The van der Waals surface area contributed by atoms with Crippen molar-refractivity contribution in [2.45, 2.75) is 0 Å². The number of para-hydroxylation sites is 1. The summed E-state index contributed by atoms with van der Waals surface area (Å²) < 4.78 is 28.6. The Hall–Kier alpha value is -3.29.